The highest BCUT2D eigenvalue weighted by Gasteiger charge is 2.22. The van der Waals surface area contributed by atoms with Crippen molar-refractivity contribution in [2.45, 2.75) is 13.0 Å². The highest BCUT2D eigenvalue weighted by Crippen LogP contribution is 2.26. The van der Waals surface area contributed by atoms with Crippen molar-refractivity contribution in [3.63, 3.8) is 0 Å². The molecule has 0 saturated heterocycles. The van der Waals surface area contributed by atoms with Crippen molar-refractivity contribution >= 4 is 22.9 Å². The lowest BCUT2D eigenvalue weighted by atomic mass is 10.1. The van der Waals surface area contributed by atoms with E-state index in [1.807, 2.05) is 29.4 Å². The average molecular weight is 417 g/mol. The van der Waals surface area contributed by atoms with Crippen LogP contribution < -0.4 is 0 Å². The van der Waals surface area contributed by atoms with E-state index in [0.29, 0.717) is 18.7 Å². The number of hydrogen-bond acceptors (Lipinski definition) is 4. The summed E-state index contributed by atoms with van der Waals surface area (Å²) in [6.45, 7) is 0.678. The van der Waals surface area contributed by atoms with E-state index >= 15 is 0 Å². The summed E-state index contributed by atoms with van der Waals surface area (Å²) >= 11 is 1.72. The minimum absolute atomic E-state index is 0.0798. The Bertz CT molecular complexity index is 1210. The fourth-order valence-electron chi connectivity index (χ4n) is 3.47. The number of rotatable bonds is 4. The SMILES string of the molecule is Fc1cccc(C2=NC3=CN(Cc4ccc(-c5cccs5)cc4)C=CCC3=N2)c1F. The Balaban J connectivity index is 1.38. The van der Waals surface area contributed by atoms with Crippen LogP contribution in [0, 0.1) is 11.6 Å². The molecule has 3 nitrogen and oxygen atoms in total. The molecule has 1 aromatic heterocycles. The molecule has 2 aromatic carbocycles. The van der Waals surface area contributed by atoms with Crippen LogP contribution in [0.5, 0.6) is 0 Å². The maximum absolute atomic E-state index is 14.1. The lowest BCUT2D eigenvalue weighted by Gasteiger charge is -2.15. The zero-order valence-electron chi connectivity index (χ0n) is 15.9. The number of aliphatic imine (C=N–C) groups is 2. The molecule has 2 aliphatic heterocycles. The number of nitrogens with zero attached hydrogens (tertiary/aromatic N) is 3. The molecule has 6 heteroatoms. The van der Waals surface area contributed by atoms with Crippen molar-refractivity contribution in [1.82, 2.24) is 4.90 Å². The summed E-state index contributed by atoms with van der Waals surface area (Å²) in [4.78, 5) is 12.2. The van der Waals surface area contributed by atoms with Crippen LogP contribution in [0.3, 0.4) is 0 Å². The summed E-state index contributed by atoms with van der Waals surface area (Å²) in [5.74, 6) is -1.61. The van der Waals surface area contributed by atoms with Crippen LogP contribution >= 0.6 is 11.3 Å². The molecule has 0 spiro atoms. The molecule has 5 rings (SSSR count). The lowest BCUT2D eigenvalue weighted by molar-refractivity contribution is 0.499. The van der Waals surface area contributed by atoms with Gasteiger partial charge >= 0.3 is 0 Å². The molecule has 3 aromatic rings. The minimum Gasteiger partial charge on any atom is -0.348 e. The van der Waals surface area contributed by atoms with E-state index in [4.69, 9.17) is 0 Å². The predicted molar refractivity (Wildman–Crippen MR) is 117 cm³/mol. The molecule has 30 heavy (non-hydrogen) atoms. The Morgan fingerprint density at radius 2 is 1.83 bits per heavy atom. The van der Waals surface area contributed by atoms with Gasteiger partial charge in [0, 0.05) is 30.2 Å². The fraction of sp³-hybridized carbons (Fsp3) is 0.0833. The third kappa shape index (κ3) is 3.62. The molecule has 148 valence electrons. The molecule has 0 amide bonds. The first kappa shape index (κ1) is 18.6. The van der Waals surface area contributed by atoms with Crippen LogP contribution in [0.1, 0.15) is 17.5 Å². The van der Waals surface area contributed by atoms with Gasteiger partial charge in [-0.1, -0.05) is 42.5 Å². The van der Waals surface area contributed by atoms with Crippen molar-refractivity contribution in [2.24, 2.45) is 9.98 Å². The summed E-state index contributed by atoms with van der Waals surface area (Å²) in [5, 5.41) is 2.07. The van der Waals surface area contributed by atoms with Crippen LogP contribution in [0.15, 0.2) is 94.1 Å². The molecular weight excluding hydrogens is 400 g/mol. The third-order valence-corrected chi connectivity index (χ3v) is 5.90. The van der Waals surface area contributed by atoms with Gasteiger partial charge in [0.15, 0.2) is 17.5 Å². The highest BCUT2D eigenvalue weighted by molar-refractivity contribution is 7.13. The van der Waals surface area contributed by atoms with Crippen LogP contribution in [0.2, 0.25) is 0 Å². The van der Waals surface area contributed by atoms with Crippen molar-refractivity contribution < 1.29 is 8.78 Å². The van der Waals surface area contributed by atoms with E-state index in [9.17, 15) is 8.78 Å². The van der Waals surface area contributed by atoms with E-state index in [-0.39, 0.29) is 11.4 Å². The molecule has 0 atom stereocenters. The Kier molecular flexibility index (Phi) is 4.85. The summed E-state index contributed by atoms with van der Waals surface area (Å²) in [6, 6.07) is 16.7. The third-order valence-electron chi connectivity index (χ3n) is 4.98. The zero-order valence-corrected chi connectivity index (χ0v) is 16.7. The zero-order chi connectivity index (χ0) is 20.5. The second-order valence-electron chi connectivity index (χ2n) is 7.05. The van der Waals surface area contributed by atoms with Gasteiger partial charge < -0.3 is 4.90 Å². The number of halogens is 2. The maximum Gasteiger partial charge on any atom is 0.169 e. The van der Waals surface area contributed by atoms with Crippen LogP contribution in [0.4, 0.5) is 8.78 Å². The van der Waals surface area contributed by atoms with Crippen LogP contribution in [0.25, 0.3) is 10.4 Å². The van der Waals surface area contributed by atoms with Gasteiger partial charge in [-0.2, -0.15) is 0 Å². The Hall–Kier alpha value is -3.38. The predicted octanol–water partition coefficient (Wildman–Crippen LogP) is 6.16. The lowest BCUT2D eigenvalue weighted by Crippen LogP contribution is -2.09. The second-order valence-corrected chi connectivity index (χ2v) is 7.99. The Morgan fingerprint density at radius 1 is 0.967 bits per heavy atom. The summed E-state index contributed by atoms with van der Waals surface area (Å²) in [7, 11) is 0. The highest BCUT2D eigenvalue weighted by atomic mass is 32.1. The monoisotopic (exact) mass is 417 g/mol. The molecule has 0 aliphatic carbocycles. The smallest absolute Gasteiger partial charge is 0.169 e. The number of benzene rings is 2. The van der Waals surface area contributed by atoms with Gasteiger partial charge in [0.1, 0.15) is 5.70 Å². The topological polar surface area (TPSA) is 28.0 Å². The van der Waals surface area contributed by atoms with Crippen molar-refractivity contribution in [3.8, 4) is 10.4 Å². The first-order valence-electron chi connectivity index (χ1n) is 9.55. The van der Waals surface area contributed by atoms with E-state index in [1.54, 1.807) is 11.3 Å². The molecular formula is C24H17F2N3S. The van der Waals surface area contributed by atoms with E-state index in [1.165, 1.54) is 22.6 Å². The number of thiophene rings is 1. The first-order chi connectivity index (χ1) is 14.7. The van der Waals surface area contributed by atoms with Gasteiger partial charge in [0.2, 0.25) is 0 Å². The van der Waals surface area contributed by atoms with E-state index in [2.05, 4.69) is 45.7 Å². The maximum atomic E-state index is 14.1. The van der Waals surface area contributed by atoms with Gasteiger partial charge in [-0.3, -0.25) is 0 Å². The standard InChI is InChI=1S/C24H17F2N3S/c25-19-5-1-4-18(23(19)26)24-27-20-6-2-12-29(15-21(20)28-24)14-16-8-10-17(11-9-16)22-7-3-13-30-22/h1-5,7-13,15H,6,14H2. The number of amidine groups is 1. The largest absolute Gasteiger partial charge is 0.348 e. The van der Waals surface area contributed by atoms with Gasteiger partial charge in [-0.05, 0) is 34.7 Å². The van der Waals surface area contributed by atoms with Crippen molar-refractivity contribution in [1.29, 1.82) is 0 Å². The van der Waals surface area contributed by atoms with Gasteiger partial charge in [0.05, 0.1) is 11.3 Å². The Labute approximate surface area is 177 Å². The molecule has 0 bridgehead atoms. The molecule has 0 fully saturated rings. The molecule has 0 N–H and O–H groups in total. The number of fused-ring (bicyclic) bond motifs is 1. The van der Waals surface area contributed by atoms with E-state index < -0.39 is 11.6 Å². The average Bonchev–Trinajstić information content (AvgIpc) is 3.38. The minimum atomic E-state index is -0.920. The molecule has 0 unspecified atom stereocenters. The van der Waals surface area contributed by atoms with Crippen molar-refractivity contribution in [3.05, 3.63) is 107 Å². The molecule has 0 saturated carbocycles. The van der Waals surface area contributed by atoms with E-state index in [0.717, 1.165) is 17.3 Å². The van der Waals surface area contributed by atoms with Crippen molar-refractivity contribution in [2.75, 3.05) is 0 Å². The van der Waals surface area contributed by atoms with Crippen LogP contribution in [-0.4, -0.2) is 16.4 Å². The number of hydrogen-bond donors (Lipinski definition) is 0. The first-order valence-corrected chi connectivity index (χ1v) is 10.4. The molecule has 2 aliphatic rings. The Morgan fingerprint density at radius 3 is 2.63 bits per heavy atom. The normalized spacial score (nSPS) is 15.4. The molecule has 3 heterocycles. The second kappa shape index (κ2) is 7.80. The number of allylic oxidation sites excluding steroid dienone is 2. The molecule has 0 radical (unpaired) electrons. The summed E-state index contributed by atoms with van der Waals surface area (Å²) in [5.41, 5.74) is 3.87. The van der Waals surface area contributed by atoms with Gasteiger partial charge in [0.25, 0.3) is 0 Å². The summed E-state index contributed by atoms with van der Waals surface area (Å²) in [6.07, 6.45) is 6.49. The summed E-state index contributed by atoms with van der Waals surface area (Å²) < 4.78 is 27.7. The van der Waals surface area contributed by atoms with Gasteiger partial charge in [-0.25, -0.2) is 18.8 Å². The fourth-order valence-corrected chi connectivity index (χ4v) is 4.20. The van der Waals surface area contributed by atoms with Crippen LogP contribution in [-0.2, 0) is 6.54 Å². The quantitative estimate of drug-likeness (QED) is 0.500. The van der Waals surface area contributed by atoms with Gasteiger partial charge in [-0.15, -0.1) is 11.3 Å².